The van der Waals surface area contributed by atoms with E-state index in [0.29, 0.717) is 40.9 Å². The molecule has 3 atom stereocenters. The third kappa shape index (κ3) is 4.73. The van der Waals surface area contributed by atoms with Crippen LogP contribution in [0.4, 0.5) is 20.2 Å². The average molecular weight is 615 g/mol. The highest BCUT2D eigenvalue weighted by Crippen LogP contribution is 2.41. The van der Waals surface area contributed by atoms with Gasteiger partial charge in [0, 0.05) is 49.4 Å². The summed E-state index contributed by atoms with van der Waals surface area (Å²) in [5, 5.41) is 8.53. The number of ether oxygens (including phenoxy) is 1. The number of anilines is 2. The summed E-state index contributed by atoms with van der Waals surface area (Å²) in [6.07, 6.45) is 5.04. The summed E-state index contributed by atoms with van der Waals surface area (Å²) in [7, 11) is 3.59. The number of likely N-dealkylation sites (tertiary alicyclic amines) is 1. The number of carbonyl (C=O) groups excluding carboxylic acids is 1. The number of halogens is 2. The molecular weight excluding hydrogens is 578 g/mol. The fourth-order valence-electron chi connectivity index (χ4n) is 7.45. The Labute approximate surface area is 258 Å². The number of hydrogen-bond acceptors (Lipinski definition) is 6. The summed E-state index contributed by atoms with van der Waals surface area (Å²) < 4.78 is 37.3. The van der Waals surface area contributed by atoms with Crippen LogP contribution in [0, 0.1) is 11.8 Å². The Morgan fingerprint density at radius 1 is 1.16 bits per heavy atom. The highest BCUT2D eigenvalue weighted by molar-refractivity contribution is 6.01. The number of alkyl halides is 2. The minimum Gasteiger partial charge on any atom is -0.494 e. The van der Waals surface area contributed by atoms with Crippen molar-refractivity contribution in [2.75, 3.05) is 19.0 Å². The molecule has 5 aromatic rings. The molecule has 10 nitrogen and oxygen atoms in total. The van der Waals surface area contributed by atoms with E-state index in [4.69, 9.17) is 15.5 Å². The summed E-state index contributed by atoms with van der Waals surface area (Å²) in [6, 6.07) is 12.0. The second-order valence-corrected chi connectivity index (χ2v) is 12.8. The van der Waals surface area contributed by atoms with Crippen molar-refractivity contribution in [3.63, 3.8) is 0 Å². The van der Waals surface area contributed by atoms with Crippen LogP contribution < -0.4 is 15.8 Å². The lowest BCUT2D eigenvalue weighted by Crippen LogP contribution is -2.41. The lowest BCUT2D eigenvalue weighted by molar-refractivity contribution is 0.0700. The number of imidazole rings is 1. The van der Waals surface area contributed by atoms with Crippen molar-refractivity contribution in [1.82, 2.24) is 28.8 Å². The molecule has 234 valence electrons. The third-order valence-electron chi connectivity index (χ3n) is 9.84. The van der Waals surface area contributed by atoms with Crippen LogP contribution in [0.25, 0.3) is 33.5 Å². The molecule has 3 aliphatic rings. The molecule has 2 aliphatic carbocycles. The SMILES string of the molecule is COc1cc(C(=O)N2C[C@H]3CC[C@@H]2[C@@H]3N)cc2nc(-c3cc4cccc(Nc5cnn(CC(F)F)c5)c4n3CC3CC3)n(C)c12. The fraction of sp³-hybridized carbons (Fsp3) is 0.424. The van der Waals surface area contributed by atoms with E-state index in [-0.39, 0.29) is 18.0 Å². The maximum absolute atomic E-state index is 13.7. The van der Waals surface area contributed by atoms with Crippen LogP contribution in [0.5, 0.6) is 5.75 Å². The van der Waals surface area contributed by atoms with Crippen molar-refractivity contribution in [2.45, 2.75) is 57.3 Å². The zero-order valence-corrected chi connectivity index (χ0v) is 25.3. The monoisotopic (exact) mass is 614 g/mol. The molecule has 3 aromatic heterocycles. The minimum atomic E-state index is -2.48. The van der Waals surface area contributed by atoms with E-state index in [0.717, 1.165) is 53.0 Å². The Bertz CT molecular complexity index is 1940. The Morgan fingerprint density at radius 3 is 2.71 bits per heavy atom. The number of hydrogen-bond donors (Lipinski definition) is 2. The van der Waals surface area contributed by atoms with Gasteiger partial charge in [-0.05, 0) is 61.8 Å². The van der Waals surface area contributed by atoms with E-state index in [9.17, 15) is 13.6 Å². The second-order valence-electron chi connectivity index (χ2n) is 12.8. The number of methoxy groups -OCH3 is 1. The number of para-hydroxylation sites is 1. The van der Waals surface area contributed by atoms with Gasteiger partial charge in [0.2, 0.25) is 0 Å². The predicted molar refractivity (Wildman–Crippen MR) is 168 cm³/mol. The topological polar surface area (TPSA) is 108 Å². The molecule has 3 fully saturated rings. The molecule has 8 rings (SSSR count). The molecular formula is C33H36F2N8O2. The number of amides is 1. The summed E-state index contributed by atoms with van der Waals surface area (Å²) >= 11 is 0. The molecule has 1 saturated heterocycles. The Kier molecular flexibility index (Phi) is 6.59. The number of fused-ring (bicyclic) bond motifs is 4. The third-order valence-corrected chi connectivity index (χ3v) is 9.84. The number of aromatic nitrogens is 5. The lowest BCUT2D eigenvalue weighted by Gasteiger charge is -2.27. The molecule has 0 radical (unpaired) electrons. The largest absolute Gasteiger partial charge is 0.494 e. The van der Waals surface area contributed by atoms with Crippen molar-refractivity contribution in [2.24, 2.45) is 24.6 Å². The van der Waals surface area contributed by atoms with Gasteiger partial charge < -0.3 is 29.8 Å². The molecule has 2 saturated carbocycles. The fourth-order valence-corrected chi connectivity index (χ4v) is 7.45. The van der Waals surface area contributed by atoms with Gasteiger partial charge in [-0.25, -0.2) is 13.8 Å². The Morgan fingerprint density at radius 2 is 2.00 bits per heavy atom. The van der Waals surface area contributed by atoms with Crippen LogP contribution in [0.1, 0.15) is 36.0 Å². The van der Waals surface area contributed by atoms with E-state index in [2.05, 4.69) is 27.1 Å². The maximum atomic E-state index is 13.7. The normalized spacial score (nSPS) is 21.1. The van der Waals surface area contributed by atoms with Gasteiger partial charge in [-0.15, -0.1) is 0 Å². The minimum absolute atomic E-state index is 0.0273. The molecule has 45 heavy (non-hydrogen) atoms. The Hall–Kier alpha value is -4.45. The van der Waals surface area contributed by atoms with Crippen LogP contribution in [-0.4, -0.2) is 66.9 Å². The number of nitrogens with two attached hydrogens (primary N) is 1. The van der Waals surface area contributed by atoms with Crippen LogP contribution in [-0.2, 0) is 20.1 Å². The van der Waals surface area contributed by atoms with Crippen molar-refractivity contribution < 1.29 is 18.3 Å². The maximum Gasteiger partial charge on any atom is 0.257 e. The van der Waals surface area contributed by atoms with E-state index >= 15 is 0 Å². The van der Waals surface area contributed by atoms with Gasteiger partial charge in [0.25, 0.3) is 12.3 Å². The highest BCUT2D eigenvalue weighted by Gasteiger charge is 2.47. The number of piperidine rings is 1. The number of benzene rings is 2. The summed E-state index contributed by atoms with van der Waals surface area (Å²) in [4.78, 5) is 20.8. The molecule has 0 unspecified atom stereocenters. The first-order valence-electron chi connectivity index (χ1n) is 15.6. The van der Waals surface area contributed by atoms with Gasteiger partial charge in [-0.3, -0.25) is 9.48 Å². The van der Waals surface area contributed by atoms with Gasteiger partial charge in [0.05, 0.1) is 41.4 Å². The van der Waals surface area contributed by atoms with Gasteiger partial charge in [0.15, 0.2) is 5.82 Å². The number of carbonyl (C=O) groups is 1. The van der Waals surface area contributed by atoms with Gasteiger partial charge in [-0.1, -0.05) is 12.1 Å². The summed E-state index contributed by atoms with van der Waals surface area (Å²) in [5.74, 6) is 2.27. The number of aryl methyl sites for hydroxylation is 1. The summed E-state index contributed by atoms with van der Waals surface area (Å²) in [6.45, 7) is 1.07. The van der Waals surface area contributed by atoms with Gasteiger partial charge in [-0.2, -0.15) is 5.10 Å². The van der Waals surface area contributed by atoms with E-state index in [1.54, 1.807) is 19.5 Å². The van der Waals surface area contributed by atoms with Crippen molar-refractivity contribution in [1.29, 1.82) is 0 Å². The standard InChI is InChI=1S/C33H36F2N8O2/c1-40-31-24(10-21(12-27(31)45-2)33(44)43-15-20-8-9-25(43)29(20)36)39-32(40)26-11-19-4-3-5-23(30(19)42(26)14-18-6-7-18)38-22-13-37-41(16-22)17-28(34)35/h3-5,10-13,16,18,20,25,28-29,38H,6-9,14-15,17,36H2,1-2H3/t20-,25-,29-/m1/s1. The van der Waals surface area contributed by atoms with E-state index in [1.807, 2.05) is 40.8 Å². The van der Waals surface area contributed by atoms with E-state index < -0.39 is 13.0 Å². The zero-order valence-electron chi connectivity index (χ0n) is 25.3. The van der Waals surface area contributed by atoms with Crippen LogP contribution >= 0.6 is 0 Å². The van der Waals surface area contributed by atoms with E-state index in [1.165, 1.54) is 17.5 Å². The van der Waals surface area contributed by atoms with Gasteiger partial charge in [0.1, 0.15) is 17.8 Å². The smallest absolute Gasteiger partial charge is 0.257 e. The Balaban J connectivity index is 1.21. The number of nitrogens with zero attached hydrogens (tertiary/aromatic N) is 6. The number of nitrogens with one attached hydrogen (secondary N) is 1. The molecule has 4 heterocycles. The number of rotatable bonds is 9. The predicted octanol–water partition coefficient (Wildman–Crippen LogP) is 5.38. The zero-order chi connectivity index (χ0) is 31.0. The lowest BCUT2D eigenvalue weighted by atomic mass is 10.1. The molecule has 0 spiro atoms. The molecule has 2 bridgehead atoms. The first-order valence-corrected chi connectivity index (χ1v) is 15.6. The van der Waals surface area contributed by atoms with Crippen molar-refractivity contribution in [3.8, 4) is 17.3 Å². The molecule has 3 N–H and O–H groups in total. The quantitative estimate of drug-likeness (QED) is 0.231. The first kappa shape index (κ1) is 28.1. The van der Waals surface area contributed by atoms with Crippen LogP contribution in [0.15, 0.2) is 48.8 Å². The molecule has 1 aliphatic heterocycles. The van der Waals surface area contributed by atoms with Crippen LogP contribution in [0.3, 0.4) is 0 Å². The average Bonchev–Trinajstić information content (AvgIpc) is 3.29. The molecule has 2 aromatic carbocycles. The van der Waals surface area contributed by atoms with Gasteiger partial charge >= 0.3 is 0 Å². The van der Waals surface area contributed by atoms with Crippen molar-refractivity contribution >= 4 is 39.2 Å². The molecule has 12 heteroatoms. The molecule has 1 amide bonds. The second kappa shape index (κ2) is 10.6. The first-order chi connectivity index (χ1) is 21.8. The highest BCUT2D eigenvalue weighted by atomic mass is 19.3. The van der Waals surface area contributed by atoms with Crippen LogP contribution in [0.2, 0.25) is 0 Å². The van der Waals surface area contributed by atoms with Crippen molar-refractivity contribution in [3.05, 3.63) is 54.4 Å². The summed E-state index contributed by atoms with van der Waals surface area (Å²) in [5.41, 5.74) is 11.9.